The molecule has 6 heteroatoms. The molecular formula is C7H8ClNO4. The minimum atomic E-state index is -1.18. The number of hydrogen-bond acceptors (Lipinski definition) is 4. The van der Waals surface area contributed by atoms with E-state index in [0.717, 1.165) is 0 Å². The van der Waals surface area contributed by atoms with Crippen molar-refractivity contribution in [3.8, 4) is 0 Å². The Morgan fingerprint density at radius 2 is 2.31 bits per heavy atom. The van der Waals surface area contributed by atoms with Crippen LogP contribution in [0.5, 0.6) is 0 Å². The van der Waals surface area contributed by atoms with Gasteiger partial charge < -0.3 is 4.84 Å². The van der Waals surface area contributed by atoms with Crippen LogP contribution in [0.4, 0.5) is 4.79 Å². The monoisotopic (exact) mass is 205 g/mol. The van der Waals surface area contributed by atoms with Crippen molar-refractivity contribution in [1.82, 2.24) is 5.06 Å². The van der Waals surface area contributed by atoms with Crippen LogP contribution in [0.15, 0.2) is 0 Å². The van der Waals surface area contributed by atoms with Gasteiger partial charge in [-0.25, -0.2) is 4.79 Å². The van der Waals surface area contributed by atoms with Crippen LogP contribution in [0.1, 0.15) is 19.8 Å². The minimum Gasteiger partial charge on any atom is -0.315 e. The van der Waals surface area contributed by atoms with Crippen molar-refractivity contribution in [1.29, 1.82) is 0 Å². The van der Waals surface area contributed by atoms with Crippen LogP contribution in [0.3, 0.4) is 0 Å². The van der Waals surface area contributed by atoms with Gasteiger partial charge in [0.15, 0.2) is 0 Å². The van der Waals surface area contributed by atoms with Crippen molar-refractivity contribution in [2.45, 2.75) is 19.8 Å². The topological polar surface area (TPSA) is 63.7 Å². The highest BCUT2D eigenvalue weighted by Gasteiger charge is 2.40. The minimum absolute atomic E-state index is 0.0828. The van der Waals surface area contributed by atoms with E-state index < -0.39 is 17.2 Å². The van der Waals surface area contributed by atoms with Crippen molar-refractivity contribution < 1.29 is 19.2 Å². The van der Waals surface area contributed by atoms with Gasteiger partial charge in [-0.3, -0.25) is 9.59 Å². The van der Waals surface area contributed by atoms with Crippen molar-refractivity contribution in [2.75, 3.05) is 0 Å². The Bertz CT molecular complexity index is 265. The zero-order valence-electron chi connectivity index (χ0n) is 6.95. The predicted molar refractivity (Wildman–Crippen MR) is 42.6 cm³/mol. The summed E-state index contributed by atoms with van der Waals surface area (Å²) in [6.45, 7) is 1.78. The Hall–Kier alpha value is -1.10. The van der Waals surface area contributed by atoms with Crippen molar-refractivity contribution >= 4 is 28.8 Å². The van der Waals surface area contributed by atoms with E-state index in [0.29, 0.717) is 11.5 Å². The van der Waals surface area contributed by atoms with Crippen LogP contribution in [0, 0.1) is 5.92 Å². The fraction of sp³-hybridized carbons (Fsp3) is 0.571. The largest absolute Gasteiger partial charge is 0.428 e. The molecule has 0 N–H and O–H groups in total. The van der Waals surface area contributed by atoms with Crippen molar-refractivity contribution in [3.63, 3.8) is 0 Å². The highest BCUT2D eigenvalue weighted by molar-refractivity contribution is 6.61. The molecule has 2 amide bonds. The number of amides is 2. The first kappa shape index (κ1) is 9.98. The van der Waals surface area contributed by atoms with E-state index in [4.69, 9.17) is 11.6 Å². The van der Waals surface area contributed by atoms with E-state index >= 15 is 0 Å². The van der Waals surface area contributed by atoms with Crippen LogP contribution >= 0.6 is 11.6 Å². The lowest BCUT2D eigenvalue weighted by Crippen LogP contribution is -2.31. The molecule has 0 aliphatic carbocycles. The quantitative estimate of drug-likeness (QED) is 0.500. The third-order valence-electron chi connectivity index (χ3n) is 1.85. The van der Waals surface area contributed by atoms with Gasteiger partial charge in [-0.1, -0.05) is 6.92 Å². The average Bonchev–Trinajstić information content (AvgIpc) is 2.31. The number of hydrogen-bond donors (Lipinski definition) is 0. The summed E-state index contributed by atoms with van der Waals surface area (Å²) in [7, 11) is 0. The Morgan fingerprint density at radius 3 is 2.69 bits per heavy atom. The first-order chi connectivity index (χ1) is 6.06. The fourth-order valence-electron chi connectivity index (χ4n) is 1.16. The maximum atomic E-state index is 11.3. The van der Waals surface area contributed by atoms with E-state index in [1.807, 2.05) is 0 Å². The van der Waals surface area contributed by atoms with Gasteiger partial charge in [0.1, 0.15) is 0 Å². The van der Waals surface area contributed by atoms with Crippen molar-refractivity contribution in [2.24, 2.45) is 5.92 Å². The predicted octanol–water partition coefficient (Wildman–Crippen LogP) is 1.06. The second-order valence-electron chi connectivity index (χ2n) is 2.66. The summed E-state index contributed by atoms with van der Waals surface area (Å²) < 4.78 is 0. The van der Waals surface area contributed by atoms with Gasteiger partial charge in [0, 0.05) is 18.0 Å². The molecule has 1 fully saturated rings. The first-order valence-corrected chi connectivity index (χ1v) is 4.18. The molecule has 1 rings (SSSR count). The van der Waals surface area contributed by atoms with E-state index in [1.54, 1.807) is 6.92 Å². The molecule has 0 bridgehead atoms. The summed E-state index contributed by atoms with van der Waals surface area (Å²) in [5.41, 5.74) is -1.18. The number of imide groups is 1. The van der Waals surface area contributed by atoms with Gasteiger partial charge in [0.05, 0.1) is 5.92 Å². The van der Waals surface area contributed by atoms with Gasteiger partial charge in [0.25, 0.3) is 11.8 Å². The summed E-state index contributed by atoms with van der Waals surface area (Å²) in [4.78, 5) is 36.8. The molecule has 0 aromatic rings. The lowest BCUT2D eigenvalue weighted by atomic mass is 10.1. The van der Waals surface area contributed by atoms with Gasteiger partial charge in [-0.05, 0) is 6.42 Å². The third-order valence-corrected chi connectivity index (χ3v) is 1.92. The van der Waals surface area contributed by atoms with Gasteiger partial charge >= 0.3 is 5.43 Å². The van der Waals surface area contributed by atoms with E-state index in [1.165, 1.54) is 0 Å². The summed E-state index contributed by atoms with van der Waals surface area (Å²) in [5, 5.41) is 0.434. The number of halogens is 1. The molecule has 1 aliphatic rings. The lowest BCUT2D eigenvalue weighted by molar-refractivity contribution is -0.170. The van der Waals surface area contributed by atoms with E-state index in [-0.39, 0.29) is 12.3 Å². The second kappa shape index (κ2) is 3.74. The molecule has 0 aromatic carbocycles. The van der Waals surface area contributed by atoms with E-state index in [9.17, 15) is 14.4 Å². The highest BCUT2D eigenvalue weighted by atomic mass is 35.5. The molecule has 1 unspecified atom stereocenters. The number of rotatable bonds is 2. The van der Waals surface area contributed by atoms with Gasteiger partial charge in [-0.15, -0.1) is 5.06 Å². The zero-order valence-corrected chi connectivity index (χ0v) is 7.71. The molecule has 1 atom stereocenters. The molecule has 0 spiro atoms. The van der Waals surface area contributed by atoms with E-state index in [2.05, 4.69) is 4.84 Å². The third kappa shape index (κ3) is 1.98. The molecule has 0 aromatic heterocycles. The number of hydroxylamine groups is 2. The Morgan fingerprint density at radius 1 is 1.69 bits per heavy atom. The summed E-state index contributed by atoms with van der Waals surface area (Å²) in [6.07, 6.45) is 0.625. The fourth-order valence-corrected chi connectivity index (χ4v) is 1.23. The number of nitrogens with zero attached hydrogens (tertiary/aromatic N) is 1. The molecule has 72 valence electrons. The maximum Gasteiger partial charge on any atom is 0.428 e. The molecule has 0 radical (unpaired) electrons. The Labute approximate surface area is 79.5 Å². The molecular weight excluding hydrogens is 198 g/mol. The zero-order chi connectivity index (χ0) is 10.0. The number of carbonyl (C=O) groups is 3. The summed E-state index contributed by atoms with van der Waals surface area (Å²) in [6, 6.07) is 0. The number of carbonyl (C=O) groups excluding carboxylic acids is 3. The lowest BCUT2D eigenvalue weighted by Gasteiger charge is -2.10. The highest BCUT2D eigenvalue weighted by Crippen LogP contribution is 2.22. The summed E-state index contributed by atoms with van der Waals surface area (Å²) >= 11 is 4.87. The SMILES string of the molecule is CCC1CC(=O)N(OC(=O)Cl)C1=O. The van der Waals surface area contributed by atoms with Crippen LogP contribution in [0.25, 0.3) is 0 Å². The molecule has 5 nitrogen and oxygen atoms in total. The summed E-state index contributed by atoms with van der Waals surface area (Å²) in [5.74, 6) is -1.41. The van der Waals surface area contributed by atoms with Crippen LogP contribution in [-0.2, 0) is 14.4 Å². The average molecular weight is 206 g/mol. The second-order valence-corrected chi connectivity index (χ2v) is 2.97. The standard InChI is InChI=1S/C7H8ClNO4/c1-2-4-3-5(10)9(6(4)11)13-7(8)12/h4H,2-3H2,1H3. The van der Waals surface area contributed by atoms with Gasteiger partial charge in [0.2, 0.25) is 0 Å². The smallest absolute Gasteiger partial charge is 0.315 e. The molecule has 13 heavy (non-hydrogen) atoms. The Kier molecular flexibility index (Phi) is 2.87. The maximum absolute atomic E-state index is 11.3. The molecule has 1 heterocycles. The Balaban J connectivity index is 2.70. The molecule has 0 saturated carbocycles. The first-order valence-electron chi connectivity index (χ1n) is 3.80. The van der Waals surface area contributed by atoms with Crippen molar-refractivity contribution in [3.05, 3.63) is 0 Å². The van der Waals surface area contributed by atoms with Gasteiger partial charge in [-0.2, -0.15) is 0 Å². The molecule has 1 saturated heterocycles. The van der Waals surface area contributed by atoms with Crippen LogP contribution in [-0.4, -0.2) is 22.3 Å². The molecule has 1 aliphatic heterocycles. The van der Waals surface area contributed by atoms with Crippen LogP contribution < -0.4 is 0 Å². The van der Waals surface area contributed by atoms with Crippen LogP contribution in [0.2, 0.25) is 0 Å². The normalized spacial score (nSPS) is 22.3.